The van der Waals surface area contributed by atoms with E-state index in [9.17, 15) is 0 Å². The van der Waals surface area contributed by atoms with E-state index in [0.29, 0.717) is 0 Å². The van der Waals surface area contributed by atoms with Crippen molar-refractivity contribution in [3.05, 3.63) is 54.1 Å². The Bertz CT molecular complexity index is 624. The minimum atomic E-state index is -0.749. The number of benzene rings is 2. The molecular weight excluding hydrogens is 371 g/mol. The van der Waals surface area contributed by atoms with Crippen LogP contribution < -0.4 is 9.47 Å². The van der Waals surface area contributed by atoms with E-state index >= 15 is 0 Å². The fourth-order valence-corrected chi connectivity index (χ4v) is 31.8. The van der Waals surface area contributed by atoms with Gasteiger partial charge in [-0.1, -0.05) is 41.4 Å². The number of methoxy groups -OCH3 is 2. The van der Waals surface area contributed by atoms with Crippen LogP contribution in [0.25, 0.3) is 0 Å². The second-order valence-corrected chi connectivity index (χ2v) is 20.5. The molecule has 3 fully saturated rings. The molecule has 22 heavy (non-hydrogen) atoms. The normalized spacial score (nSPS) is 33.0. The summed E-state index contributed by atoms with van der Waals surface area (Å²) in [6.45, 7) is 0. The lowest BCUT2D eigenvalue weighted by atomic mass is 10.2. The Morgan fingerprint density at radius 2 is 1.45 bits per heavy atom. The van der Waals surface area contributed by atoms with Crippen molar-refractivity contribution in [2.75, 3.05) is 14.2 Å². The third kappa shape index (κ3) is 2.35. The molecule has 0 radical (unpaired) electrons. The molecule has 3 aliphatic heterocycles. The van der Waals surface area contributed by atoms with Crippen molar-refractivity contribution in [2.45, 2.75) is 8.72 Å². The highest BCUT2D eigenvalue weighted by molar-refractivity contribution is 9.58. The molecule has 5 rings (SSSR count). The number of ether oxygens (including phenoxy) is 2. The summed E-state index contributed by atoms with van der Waals surface area (Å²) < 4.78 is 10.8. The Labute approximate surface area is 144 Å². The molecule has 2 bridgehead atoms. The van der Waals surface area contributed by atoms with E-state index in [1.165, 1.54) is 10.5 Å². The van der Waals surface area contributed by atoms with Crippen LogP contribution in [0.15, 0.2) is 53.4 Å². The third-order valence-corrected chi connectivity index (χ3v) is 25.9. The van der Waals surface area contributed by atoms with Crippen molar-refractivity contribution in [1.82, 2.24) is 0 Å². The predicted octanol–water partition coefficient (Wildman–Crippen LogP) is 6.24. The molecular formula is C15H15O2PS4. The molecule has 116 valence electrons. The Morgan fingerprint density at radius 1 is 0.909 bits per heavy atom. The zero-order valence-electron chi connectivity index (χ0n) is 12.1. The van der Waals surface area contributed by atoms with Gasteiger partial charge in [-0.2, -0.15) is 0 Å². The summed E-state index contributed by atoms with van der Waals surface area (Å²) in [5.74, 6) is 1.86. The van der Waals surface area contributed by atoms with Gasteiger partial charge in [-0.15, -0.1) is 0 Å². The molecule has 0 amide bonds. The van der Waals surface area contributed by atoms with Gasteiger partial charge in [0, 0.05) is 4.90 Å². The average molecular weight is 387 g/mol. The first-order chi connectivity index (χ1) is 10.7. The SMILES string of the molecule is COc1ccc(C23PS(c4ccc(OC)cc4)(SS2)S3)cc1. The van der Waals surface area contributed by atoms with Gasteiger partial charge in [0.15, 0.2) is 0 Å². The van der Waals surface area contributed by atoms with E-state index in [4.69, 9.17) is 9.47 Å². The van der Waals surface area contributed by atoms with E-state index in [-0.39, 0.29) is 3.82 Å². The second kappa shape index (κ2) is 5.75. The van der Waals surface area contributed by atoms with Crippen molar-refractivity contribution < 1.29 is 9.47 Å². The maximum absolute atomic E-state index is 5.27. The van der Waals surface area contributed by atoms with Crippen molar-refractivity contribution in [3.8, 4) is 11.5 Å². The highest BCUT2D eigenvalue weighted by Crippen LogP contribution is 3.13. The number of rotatable bonds is 4. The maximum atomic E-state index is 5.27. The Hall–Kier alpha value is -0.130. The quantitative estimate of drug-likeness (QED) is 0.456. The van der Waals surface area contributed by atoms with Crippen molar-refractivity contribution in [1.29, 1.82) is 0 Å². The Kier molecular flexibility index (Phi) is 4.02. The van der Waals surface area contributed by atoms with E-state index in [2.05, 4.69) is 69.2 Å². The van der Waals surface area contributed by atoms with Crippen LogP contribution in [-0.2, 0) is 3.82 Å². The lowest BCUT2D eigenvalue weighted by Gasteiger charge is -2.47. The summed E-state index contributed by atoms with van der Waals surface area (Å²) in [4.78, 5) is 1.48. The topological polar surface area (TPSA) is 18.5 Å². The molecule has 2 aromatic carbocycles. The fraction of sp³-hybridized carbons (Fsp3) is 0.200. The van der Waals surface area contributed by atoms with Crippen LogP contribution in [0.3, 0.4) is 0 Å². The minimum absolute atomic E-state index is 0.256. The predicted molar refractivity (Wildman–Crippen MR) is 105 cm³/mol. The van der Waals surface area contributed by atoms with Gasteiger partial charge in [0.1, 0.15) is 15.3 Å². The number of hydrogen-bond acceptors (Lipinski definition) is 5. The zero-order valence-corrected chi connectivity index (χ0v) is 16.3. The first kappa shape index (κ1) is 15.4. The lowest BCUT2D eigenvalue weighted by molar-refractivity contribution is 0.414. The van der Waals surface area contributed by atoms with Gasteiger partial charge in [-0.3, -0.25) is 0 Å². The van der Waals surface area contributed by atoms with Gasteiger partial charge in [0.05, 0.1) is 14.2 Å². The highest BCUT2D eigenvalue weighted by Gasteiger charge is 2.63. The summed E-state index contributed by atoms with van der Waals surface area (Å²) in [5, 5.41) is 0. The molecule has 0 spiro atoms. The van der Waals surface area contributed by atoms with Gasteiger partial charge < -0.3 is 9.47 Å². The first-order valence-corrected chi connectivity index (χ1v) is 14.0. The molecule has 3 atom stereocenters. The van der Waals surface area contributed by atoms with Crippen LogP contribution in [0, 0.1) is 0 Å². The van der Waals surface area contributed by atoms with Crippen molar-refractivity contribution in [3.63, 3.8) is 0 Å². The fourth-order valence-electron chi connectivity index (χ4n) is 2.37. The molecule has 0 saturated carbocycles. The molecule has 2 aromatic rings. The molecule has 7 heteroatoms. The van der Waals surface area contributed by atoms with E-state index in [0.717, 1.165) is 19.3 Å². The van der Waals surface area contributed by atoms with Crippen molar-refractivity contribution in [2.24, 2.45) is 0 Å². The van der Waals surface area contributed by atoms with Gasteiger partial charge in [0.2, 0.25) is 0 Å². The lowest BCUT2D eigenvalue weighted by Crippen LogP contribution is -2.13. The molecule has 0 aromatic heterocycles. The molecule has 3 aliphatic rings. The van der Waals surface area contributed by atoms with E-state index in [1.807, 2.05) is 10.8 Å². The van der Waals surface area contributed by atoms with Gasteiger partial charge in [-0.05, 0) is 59.6 Å². The number of hydrogen-bond donors (Lipinski definition) is 0. The zero-order chi connectivity index (χ0) is 15.2. The van der Waals surface area contributed by atoms with Crippen LogP contribution in [0.1, 0.15) is 5.56 Å². The summed E-state index contributed by atoms with van der Waals surface area (Å²) >= 11 is 0. The average Bonchev–Trinajstić information content (AvgIpc) is 3.13. The summed E-state index contributed by atoms with van der Waals surface area (Å²) in [5.41, 5.74) is 1.42. The van der Waals surface area contributed by atoms with Crippen LogP contribution in [0.2, 0.25) is 0 Å². The molecule has 0 N–H and O–H groups in total. The van der Waals surface area contributed by atoms with Crippen molar-refractivity contribution >= 4 is 46.9 Å². The third-order valence-electron chi connectivity index (χ3n) is 3.59. The van der Waals surface area contributed by atoms with Gasteiger partial charge in [0.25, 0.3) is 0 Å². The summed E-state index contributed by atoms with van der Waals surface area (Å²) in [6, 6.07) is 17.2. The molecule has 3 unspecified atom stereocenters. The first-order valence-electron chi connectivity index (χ1n) is 6.68. The molecule has 3 saturated heterocycles. The second-order valence-electron chi connectivity index (χ2n) is 4.86. The minimum Gasteiger partial charge on any atom is -0.497 e. The Balaban J connectivity index is 1.57. The van der Waals surface area contributed by atoms with Gasteiger partial charge >= 0.3 is 0 Å². The van der Waals surface area contributed by atoms with Crippen LogP contribution in [0.5, 0.6) is 11.5 Å². The van der Waals surface area contributed by atoms with Crippen LogP contribution >= 0.6 is 46.9 Å². The van der Waals surface area contributed by atoms with E-state index < -0.39 is 7.71 Å². The van der Waals surface area contributed by atoms with Crippen LogP contribution in [-0.4, -0.2) is 14.2 Å². The Morgan fingerprint density at radius 3 is 2.00 bits per heavy atom. The summed E-state index contributed by atoms with van der Waals surface area (Å²) in [6.07, 6.45) is 0. The highest BCUT2D eigenvalue weighted by atomic mass is 33.9. The van der Waals surface area contributed by atoms with Crippen LogP contribution in [0.4, 0.5) is 0 Å². The smallest absolute Gasteiger partial charge is 0.133 e. The standard InChI is InChI=1S/C15H15O2PS4/c1-16-12-5-3-11(4-6-12)15-18-22(20-15,21-19-15)14-9-7-13(17-2)8-10-14/h3-10,18H,1-2H3. The monoisotopic (exact) mass is 386 g/mol. The summed E-state index contributed by atoms with van der Waals surface area (Å²) in [7, 11) is 9.94. The maximum Gasteiger partial charge on any atom is 0.133 e. The molecule has 2 nitrogen and oxygen atoms in total. The van der Waals surface area contributed by atoms with Gasteiger partial charge in [-0.25, -0.2) is 0 Å². The molecule has 0 aliphatic carbocycles. The van der Waals surface area contributed by atoms with E-state index in [1.54, 1.807) is 14.2 Å². The largest absolute Gasteiger partial charge is 0.497 e. The number of fused-ring (bicyclic) bond motifs is 1. The molecule has 3 heterocycles.